The number of hydrogen-bond acceptors (Lipinski definition) is 6. The lowest BCUT2D eigenvalue weighted by molar-refractivity contribution is -0.137. The number of amides is 1. The molecule has 11 heteroatoms. The molecule has 0 spiro atoms. The van der Waals surface area contributed by atoms with Crippen LogP contribution >= 0.6 is 23.5 Å². The summed E-state index contributed by atoms with van der Waals surface area (Å²) in [5.41, 5.74) is -0.223. The molecule has 0 unspecified atom stereocenters. The van der Waals surface area contributed by atoms with E-state index < -0.39 is 17.6 Å². The molecule has 0 saturated carbocycles. The van der Waals surface area contributed by atoms with Gasteiger partial charge in [-0.2, -0.15) is 13.2 Å². The minimum absolute atomic E-state index is 0.0560. The van der Waals surface area contributed by atoms with E-state index in [1.165, 1.54) is 35.6 Å². The summed E-state index contributed by atoms with van der Waals surface area (Å²) >= 11 is 2.53. The first kappa shape index (κ1) is 21.7. The summed E-state index contributed by atoms with van der Waals surface area (Å²) < 4.78 is 44.9. The molecule has 0 radical (unpaired) electrons. The number of carbonyl (C=O) groups excluding carboxylic acids is 1. The fourth-order valence-electron chi connectivity index (χ4n) is 2.71. The van der Waals surface area contributed by atoms with Gasteiger partial charge in [-0.1, -0.05) is 17.8 Å². The number of hydrogen-bond donors (Lipinski definition) is 1. The van der Waals surface area contributed by atoms with Crippen molar-refractivity contribution in [1.29, 1.82) is 0 Å². The van der Waals surface area contributed by atoms with Gasteiger partial charge in [-0.3, -0.25) is 14.2 Å². The number of anilines is 1. The second kappa shape index (κ2) is 9.23. The molecule has 1 N–H and O–H groups in total. The predicted molar refractivity (Wildman–Crippen MR) is 106 cm³/mol. The van der Waals surface area contributed by atoms with Gasteiger partial charge in [0.2, 0.25) is 5.91 Å². The molecule has 0 bridgehead atoms. The van der Waals surface area contributed by atoms with E-state index >= 15 is 0 Å². The van der Waals surface area contributed by atoms with Gasteiger partial charge in [-0.25, -0.2) is 4.98 Å². The van der Waals surface area contributed by atoms with Gasteiger partial charge in [0, 0.05) is 25.0 Å². The normalized spacial score (nSPS) is 13.4. The second-order valence-electron chi connectivity index (χ2n) is 6.13. The summed E-state index contributed by atoms with van der Waals surface area (Å²) in [6, 6.07) is 4.43. The molecule has 2 aromatic rings. The minimum Gasteiger partial charge on any atom is -0.383 e. The Morgan fingerprint density at radius 2 is 2.21 bits per heavy atom. The zero-order valence-electron chi connectivity index (χ0n) is 15.4. The van der Waals surface area contributed by atoms with Gasteiger partial charge in [0.25, 0.3) is 5.56 Å². The first-order valence-electron chi connectivity index (χ1n) is 8.65. The molecule has 6 nitrogen and oxygen atoms in total. The predicted octanol–water partition coefficient (Wildman–Crippen LogP) is 3.29. The largest absolute Gasteiger partial charge is 0.416 e. The van der Waals surface area contributed by atoms with Crippen LogP contribution in [0.25, 0.3) is 0 Å². The zero-order chi connectivity index (χ0) is 21.0. The van der Waals surface area contributed by atoms with Crippen molar-refractivity contribution in [3.63, 3.8) is 0 Å². The third-order valence-corrected chi connectivity index (χ3v) is 6.16. The summed E-state index contributed by atoms with van der Waals surface area (Å²) in [7, 11) is 1.52. The Morgan fingerprint density at radius 1 is 1.41 bits per heavy atom. The monoisotopic (exact) mass is 445 g/mol. The first-order chi connectivity index (χ1) is 13.8. The Hall–Kier alpha value is -1.98. The maximum absolute atomic E-state index is 12.8. The molecule has 2 heterocycles. The number of aryl methyl sites for hydroxylation is 1. The Labute approximate surface area is 173 Å². The molecule has 0 fully saturated rings. The third-order valence-electron chi connectivity index (χ3n) is 4.07. The number of fused-ring (bicyclic) bond motifs is 1. The summed E-state index contributed by atoms with van der Waals surface area (Å²) in [5, 5.41) is 2.85. The number of methoxy groups -OCH3 is 1. The van der Waals surface area contributed by atoms with Crippen molar-refractivity contribution in [2.75, 3.05) is 30.5 Å². The van der Waals surface area contributed by atoms with Crippen molar-refractivity contribution < 1.29 is 22.7 Å². The molecule has 0 aliphatic carbocycles. The SMILES string of the molecule is COCCn1c(SCC(=O)Nc2cccc(C(F)(F)F)c2)nc2c(c1=O)SCC2. The number of carbonyl (C=O) groups is 1. The summed E-state index contributed by atoms with van der Waals surface area (Å²) in [4.78, 5) is 30.1. The number of nitrogens with one attached hydrogen (secondary N) is 1. The van der Waals surface area contributed by atoms with Crippen molar-refractivity contribution in [2.24, 2.45) is 0 Å². The van der Waals surface area contributed by atoms with Gasteiger partial charge in [0.15, 0.2) is 5.16 Å². The molecule has 1 aliphatic rings. The second-order valence-corrected chi connectivity index (χ2v) is 8.18. The Bertz CT molecular complexity index is 964. The lowest BCUT2D eigenvalue weighted by Gasteiger charge is -2.13. The molecular formula is C18H18F3N3O3S2. The highest BCUT2D eigenvalue weighted by atomic mass is 32.2. The van der Waals surface area contributed by atoms with Crippen LogP contribution in [-0.2, 0) is 28.7 Å². The quantitative estimate of drug-likeness (QED) is 0.521. The first-order valence-corrected chi connectivity index (χ1v) is 10.6. The number of ether oxygens (including phenoxy) is 1. The van der Waals surface area contributed by atoms with Gasteiger partial charge in [0.1, 0.15) is 0 Å². The smallest absolute Gasteiger partial charge is 0.383 e. The average Bonchev–Trinajstić information content (AvgIpc) is 3.14. The van der Waals surface area contributed by atoms with Gasteiger partial charge in [-0.05, 0) is 18.2 Å². The van der Waals surface area contributed by atoms with Crippen LogP contribution in [0.15, 0.2) is 39.1 Å². The van der Waals surface area contributed by atoms with Crippen LogP contribution in [0.2, 0.25) is 0 Å². The van der Waals surface area contributed by atoms with Crippen LogP contribution in [-0.4, -0.2) is 40.7 Å². The average molecular weight is 445 g/mol. The van der Waals surface area contributed by atoms with Crippen LogP contribution in [0.4, 0.5) is 18.9 Å². The molecule has 1 aromatic heterocycles. The maximum Gasteiger partial charge on any atom is 0.416 e. The third kappa shape index (κ3) is 5.34. The molecule has 1 aromatic carbocycles. The van der Waals surface area contributed by atoms with Crippen LogP contribution in [0.1, 0.15) is 11.3 Å². The number of benzene rings is 1. The Kier molecular flexibility index (Phi) is 6.91. The fraction of sp³-hybridized carbons (Fsp3) is 0.389. The molecule has 0 atom stereocenters. The number of aromatic nitrogens is 2. The highest BCUT2D eigenvalue weighted by Gasteiger charge is 2.30. The van der Waals surface area contributed by atoms with E-state index in [1.807, 2.05) is 0 Å². The molecule has 156 valence electrons. The molecule has 1 aliphatic heterocycles. The minimum atomic E-state index is -4.49. The fourth-order valence-corrected chi connectivity index (χ4v) is 4.60. The van der Waals surface area contributed by atoms with Crippen molar-refractivity contribution >= 4 is 35.1 Å². The van der Waals surface area contributed by atoms with Crippen LogP contribution < -0.4 is 10.9 Å². The van der Waals surface area contributed by atoms with E-state index in [-0.39, 0.29) is 17.0 Å². The molecular weight excluding hydrogens is 427 g/mol. The standard InChI is InChI=1S/C18H18F3N3O3S2/c1-27-7-6-24-16(26)15-13(5-8-28-15)23-17(24)29-10-14(25)22-12-4-2-3-11(9-12)18(19,20)21/h2-4,9H,5-8,10H2,1H3,(H,22,25). The van der Waals surface area contributed by atoms with Gasteiger partial charge >= 0.3 is 6.18 Å². The maximum atomic E-state index is 12.8. The van der Waals surface area contributed by atoms with E-state index in [1.54, 1.807) is 0 Å². The van der Waals surface area contributed by atoms with E-state index in [4.69, 9.17) is 4.74 Å². The van der Waals surface area contributed by atoms with E-state index in [9.17, 15) is 22.8 Å². The van der Waals surface area contributed by atoms with Crippen molar-refractivity contribution in [1.82, 2.24) is 9.55 Å². The molecule has 29 heavy (non-hydrogen) atoms. The van der Waals surface area contributed by atoms with Crippen LogP contribution in [0.3, 0.4) is 0 Å². The Morgan fingerprint density at radius 3 is 2.93 bits per heavy atom. The molecule has 3 rings (SSSR count). The highest BCUT2D eigenvalue weighted by Crippen LogP contribution is 2.31. The number of rotatable bonds is 7. The van der Waals surface area contributed by atoms with Gasteiger partial charge in [0.05, 0.1) is 35.1 Å². The number of halogens is 3. The van der Waals surface area contributed by atoms with Crippen LogP contribution in [0, 0.1) is 0 Å². The zero-order valence-corrected chi connectivity index (χ0v) is 17.0. The summed E-state index contributed by atoms with van der Waals surface area (Å²) in [6.07, 6.45) is -3.80. The number of alkyl halides is 3. The van der Waals surface area contributed by atoms with Crippen molar-refractivity contribution in [2.45, 2.75) is 29.2 Å². The van der Waals surface area contributed by atoms with Crippen LogP contribution in [0.5, 0.6) is 0 Å². The molecule has 0 saturated heterocycles. The van der Waals surface area contributed by atoms with E-state index in [0.29, 0.717) is 29.6 Å². The van der Waals surface area contributed by atoms with Gasteiger partial charge in [-0.15, -0.1) is 11.8 Å². The van der Waals surface area contributed by atoms with Crippen molar-refractivity contribution in [3.05, 3.63) is 45.9 Å². The summed E-state index contributed by atoms with van der Waals surface area (Å²) in [5.74, 6) is 0.199. The van der Waals surface area contributed by atoms with E-state index in [2.05, 4.69) is 10.3 Å². The molecule has 1 amide bonds. The van der Waals surface area contributed by atoms with Crippen molar-refractivity contribution in [3.8, 4) is 0 Å². The lowest BCUT2D eigenvalue weighted by Crippen LogP contribution is -2.27. The summed E-state index contributed by atoms with van der Waals surface area (Å²) in [6.45, 7) is 0.614. The number of thioether (sulfide) groups is 2. The Balaban J connectivity index is 1.72. The topological polar surface area (TPSA) is 73.2 Å². The van der Waals surface area contributed by atoms with Gasteiger partial charge < -0.3 is 10.1 Å². The van der Waals surface area contributed by atoms with E-state index in [0.717, 1.165) is 35.3 Å². The lowest BCUT2D eigenvalue weighted by atomic mass is 10.2. The number of nitrogens with zero attached hydrogens (tertiary/aromatic N) is 2. The highest BCUT2D eigenvalue weighted by molar-refractivity contribution is 8.00.